The number of benzene rings is 1. The number of rotatable bonds is 7. The van der Waals surface area contributed by atoms with E-state index in [4.69, 9.17) is 9.47 Å². The topological polar surface area (TPSA) is 48.4 Å². The summed E-state index contributed by atoms with van der Waals surface area (Å²) in [6, 6.07) is 10.5. The van der Waals surface area contributed by atoms with E-state index < -0.39 is 5.97 Å². The van der Waals surface area contributed by atoms with Crippen molar-refractivity contribution in [1.29, 1.82) is 0 Å². The normalized spacial score (nSPS) is 10.3. The van der Waals surface area contributed by atoms with Crippen LogP contribution in [0, 0.1) is 6.92 Å². The molecule has 0 unspecified atom stereocenters. The molecular formula is C18H21NO3. The minimum atomic E-state index is -0.400. The number of unbranched alkanes of at least 4 members (excludes halogenated alkanes) is 2. The first-order valence-electron chi connectivity index (χ1n) is 7.56. The third-order valence-corrected chi connectivity index (χ3v) is 3.20. The van der Waals surface area contributed by atoms with Crippen molar-refractivity contribution in [3.8, 4) is 11.5 Å². The van der Waals surface area contributed by atoms with E-state index in [9.17, 15) is 4.79 Å². The Morgan fingerprint density at radius 2 is 1.77 bits per heavy atom. The van der Waals surface area contributed by atoms with Crippen LogP contribution < -0.4 is 9.47 Å². The number of hydrogen-bond acceptors (Lipinski definition) is 4. The molecule has 0 saturated carbocycles. The quantitative estimate of drug-likeness (QED) is 0.568. The maximum Gasteiger partial charge on any atom is 0.343 e. The summed E-state index contributed by atoms with van der Waals surface area (Å²) in [5, 5.41) is 0. The van der Waals surface area contributed by atoms with Crippen molar-refractivity contribution in [2.24, 2.45) is 0 Å². The molecule has 1 aromatic carbocycles. The molecule has 0 fully saturated rings. The Morgan fingerprint density at radius 1 is 1.05 bits per heavy atom. The molecule has 1 heterocycles. The summed E-state index contributed by atoms with van der Waals surface area (Å²) >= 11 is 0. The molecule has 0 spiro atoms. The second-order valence-electron chi connectivity index (χ2n) is 5.10. The lowest BCUT2D eigenvalue weighted by molar-refractivity contribution is 0.0734. The number of hydrogen-bond donors (Lipinski definition) is 0. The van der Waals surface area contributed by atoms with Crippen LogP contribution in [0.1, 0.15) is 42.2 Å². The van der Waals surface area contributed by atoms with Gasteiger partial charge in [0.05, 0.1) is 18.4 Å². The summed E-state index contributed by atoms with van der Waals surface area (Å²) in [6.45, 7) is 4.74. The zero-order valence-electron chi connectivity index (χ0n) is 13.0. The van der Waals surface area contributed by atoms with Crippen LogP contribution in [-0.2, 0) is 0 Å². The minimum absolute atomic E-state index is 0.400. The number of esters is 1. The molecule has 4 nitrogen and oxygen atoms in total. The number of aryl methyl sites for hydroxylation is 1. The lowest BCUT2D eigenvalue weighted by Crippen LogP contribution is -2.08. The number of carbonyl (C=O) groups is 1. The third-order valence-electron chi connectivity index (χ3n) is 3.20. The van der Waals surface area contributed by atoms with Gasteiger partial charge >= 0.3 is 5.97 Å². The number of nitrogens with zero attached hydrogens (tertiary/aromatic N) is 1. The lowest BCUT2D eigenvalue weighted by atomic mass is 10.2. The molecule has 0 aliphatic carbocycles. The highest BCUT2D eigenvalue weighted by Gasteiger charge is 2.09. The van der Waals surface area contributed by atoms with Crippen LogP contribution in [0.4, 0.5) is 0 Å². The Balaban J connectivity index is 1.89. The Hall–Kier alpha value is -2.36. The van der Waals surface area contributed by atoms with Crippen molar-refractivity contribution >= 4 is 5.97 Å². The molecule has 22 heavy (non-hydrogen) atoms. The molecule has 0 bridgehead atoms. The molecule has 116 valence electrons. The Kier molecular flexibility index (Phi) is 5.95. The smallest absolute Gasteiger partial charge is 0.343 e. The first-order valence-corrected chi connectivity index (χ1v) is 7.56. The highest BCUT2D eigenvalue weighted by Crippen LogP contribution is 2.16. The fraction of sp³-hybridized carbons (Fsp3) is 0.333. The van der Waals surface area contributed by atoms with Crippen molar-refractivity contribution in [2.75, 3.05) is 6.61 Å². The summed E-state index contributed by atoms with van der Waals surface area (Å²) in [5.74, 6) is 0.809. The average Bonchev–Trinajstić information content (AvgIpc) is 2.54. The van der Waals surface area contributed by atoms with Gasteiger partial charge in [-0.15, -0.1) is 0 Å². The van der Waals surface area contributed by atoms with Crippen LogP contribution >= 0.6 is 0 Å². The molecule has 0 radical (unpaired) electrons. The summed E-state index contributed by atoms with van der Waals surface area (Å²) < 4.78 is 10.9. The zero-order valence-corrected chi connectivity index (χ0v) is 13.0. The highest BCUT2D eigenvalue weighted by atomic mass is 16.5. The van der Waals surface area contributed by atoms with Gasteiger partial charge in [-0.25, -0.2) is 4.79 Å². The standard InChI is InChI=1S/C18H21NO3/c1-3-4-5-12-21-16-10-7-15(8-11-16)18(20)22-17-9-6-14(2)19-13-17/h6-11,13H,3-5,12H2,1-2H3. The molecule has 0 N–H and O–H groups in total. The van der Waals surface area contributed by atoms with Gasteiger partial charge in [-0.05, 0) is 49.7 Å². The van der Waals surface area contributed by atoms with E-state index in [-0.39, 0.29) is 0 Å². The Morgan fingerprint density at radius 3 is 2.41 bits per heavy atom. The number of carbonyl (C=O) groups excluding carboxylic acids is 1. The van der Waals surface area contributed by atoms with Crippen LogP contribution in [0.15, 0.2) is 42.6 Å². The van der Waals surface area contributed by atoms with Crippen molar-refractivity contribution in [2.45, 2.75) is 33.1 Å². The monoisotopic (exact) mass is 299 g/mol. The molecule has 4 heteroatoms. The van der Waals surface area contributed by atoms with Gasteiger partial charge in [0.15, 0.2) is 0 Å². The van der Waals surface area contributed by atoms with E-state index in [0.29, 0.717) is 17.9 Å². The average molecular weight is 299 g/mol. The maximum absolute atomic E-state index is 12.0. The van der Waals surface area contributed by atoms with Gasteiger partial charge in [-0.2, -0.15) is 0 Å². The van der Waals surface area contributed by atoms with Crippen LogP contribution in [0.2, 0.25) is 0 Å². The van der Waals surface area contributed by atoms with Gasteiger partial charge in [0.2, 0.25) is 0 Å². The Labute approximate surface area is 131 Å². The highest BCUT2D eigenvalue weighted by molar-refractivity contribution is 5.91. The van der Waals surface area contributed by atoms with Gasteiger partial charge in [-0.1, -0.05) is 19.8 Å². The van der Waals surface area contributed by atoms with Crippen LogP contribution in [0.5, 0.6) is 11.5 Å². The molecule has 0 aliphatic rings. The third kappa shape index (κ3) is 4.88. The molecule has 0 amide bonds. The van der Waals surface area contributed by atoms with Crippen LogP contribution in [-0.4, -0.2) is 17.6 Å². The van der Waals surface area contributed by atoms with E-state index in [1.165, 1.54) is 6.42 Å². The fourth-order valence-electron chi connectivity index (χ4n) is 1.91. The van der Waals surface area contributed by atoms with Crippen molar-refractivity contribution in [3.63, 3.8) is 0 Å². The molecule has 0 aliphatic heterocycles. The molecule has 2 aromatic rings. The SMILES string of the molecule is CCCCCOc1ccc(C(=O)Oc2ccc(C)nc2)cc1. The first kappa shape index (κ1) is 16.0. The summed E-state index contributed by atoms with van der Waals surface area (Å²) in [5.41, 5.74) is 1.37. The lowest BCUT2D eigenvalue weighted by Gasteiger charge is -2.07. The van der Waals surface area contributed by atoms with Crippen molar-refractivity contribution < 1.29 is 14.3 Å². The van der Waals surface area contributed by atoms with E-state index in [0.717, 1.165) is 24.3 Å². The van der Waals surface area contributed by atoms with Gasteiger partial charge in [0, 0.05) is 5.69 Å². The summed E-state index contributed by atoms with van der Waals surface area (Å²) in [7, 11) is 0. The largest absolute Gasteiger partial charge is 0.494 e. The van der Waals surface area contributed by atoms with Gasteiger partial charge < -0.3 is 9.47 Å². The van der Waals surface area contributed by atoms with Crippen molar-refractivity contribution in [3.05, 3.63) is 53.9 Å². The number of ether oxygens (including phenoxy) is 2. The summed E-state index contributed by atoms with van der Waals surface area (Å²) in [4.78, 5) is 16.1. The van der Waals surface area contributed by atoms with Crippen LogP contribution in [0.25, 0.3) is 0 Å². The Bertz CT molecular complexity index is 591. The van der Waals surface area contributed by atoms with E-state index in [2.05, 4.69) is 11.9 Å². The predicted octanol–water partition coefficient (Wildman–Crippen LogP) is 4.18. The molecular weight excluding hydrogens is 278 g/mol. The second-order valence-corrected chi connectivity index (χ2v) is 5.10. The fourth-order valence-corrected chi connectivity index (χ4v) is 1.91. The maximum atomic E-state index is 12.0. The molecule has 0 saturated heterocycles. The van der Waals surface area contributed by atoms with E-state index >= 15 is 0 Å². The number of aromatic nitrogens is 1. The molecule has 0 atom stereocenters. The first-order chi connectivity index (χ1) is 10.7. The van der Waals surface area contributed by atoms with Gasteiger partial charge in [0.1, 0.15) is 11.5 Å². The number of pyridine rings is 1. The molecule has 2 rings (SSSR count). The van der Waals surface area contributed by atoms with E-state index in [1.807, 2.05) is 6.92 Å². The minimum Gasteiger partial charge on any atom is -0.494 e. The van der Waals surface area contributed by atoms with Gasteiger partial charge in [0.25, 0.3) is 0 Å². The van der Waals surface area contributed by atoms with E-state index in [1.54, 1.807) is 42.6 Å². The zero-order chi connectivity index (χ0) is 15.8. The van der Waals surface area contributed by atoms with Crippen LogP contribution in [0.3, 0.4) is 0 Å². The summed E-state index contributed by atoms with van der Waals surface area (Å²) in [6.07, 6.45) is 4.91. The molecule has 1 aromatic heterocycles. The second kappa shape index (κ2) is 8.17. The van der Waals surface area contributed by atoms with Crippen molar-refractivity contribution in [1.82, 2.24) is 4.98 Å². The van der Waals surface area contributed by atoms with Gasteiger partial charge in [-0.3, -0.25) is 4.98 Å². The predicted molar refractivity (Wildman–Crippen MR) is 85.4 cm³/mol.